The molecule has 1 fully saturated rings. The number of rotatable bonds is 3. The monoisotopic (exact) mass is 256 g/mol. The number of aryl methyl sites for hydroxylation is 1. The molecule has 0 atom stereocenters. The summed E-state index contributed by atoms with van der Waals surface area (Å²) in [5.74, 6) is 0.318. The number of carbonyl (C=O) groups excluding carboxylic acids is 1. The van der Waals surface area contributed by atoms with Crippen molar-refractivity contribution in [3.05, 3.63) is 57.8 Å². The van der Waals surface area contributed by atoms with Gasteiger partial charge in [-0.2, -0.15) is 0 Å². The van der Waals surface area contributed by atoms with Crippen LogP contribution in [0.15, 0.2) is 41.8 Å². The maximum absolute atomic E-state index is 12.8. The highest BCUT2D eigenvalue weighted by Crippen LogP contribution is 2.46. The number of hydrogen-bond donors (Lipinski definition) is 0. The van der Waals surface area contributed by atoms with Gasteiger partial charge in [-0.3, -0.25) is 4.79 Å². The van der Waals surface area contributed by atoms with Gasteiger partial charge in [0.15, 0.2) is 5.78 Å². The molecule has 18 heavy (non-hydrogen) atoms. The Morgan fingerprint density at radius 3 is 2.39 bits per heavy atom. The van der Waals surface area contributed by atoms with Gasteiger partial charge in [-0.15, -0.1) is 11.3 Å². The first kappa shape index (κ1) is 11.7. The van der Waals surface area contributed by atoms with E-state index in [-0.39, 0.29) is 5.41 Å². The van der Waals surface area contributed by atoms with Crippen LogP contribution in [0.5, 0.6) is 0 Å². The van der Waals surface area contributed by atoms with Crippen molar-refractivity contribution in [3.8, 4) is 0 Å². The Morgan fingerprint density at radius 1 is 1.17 bits per heavy atom. The molecule has 1 heterocycles. The van der Waals surface area contributed by atoms with Crippen LogP contribution in [-0.4, -0.2) is 5.78 Å². The molecule has 1 saturated carbocycles. The van der Waals surface area contributed by atoms with Crippen LogP contribution in [0, 0.1) is 6.92 Å². The van der Waals surface area contributed by atoms with Crippen LogP contribution in [0.25, 0.3) is 0 Å². The van der Waals surface area contributed by atoms with Crippen LogP contribution in [0.1, 0.15) is 40.1 Å². The molecular weight excluding hydrogens is 240 g/mol. The molecule has 1 aromatic carbocycles. The summed E-state index contributed by atoms with van der Waals surface area (Å²) < 4.78 is 0. The van der Waals surface area contributed by atoms with Crippen LogP contribution in [-0.2, 0) is 5.41 Å². The highest BCUT2D eigenvalue weighted by molar-refractivity contribution is 7.10. The van der Waals surface area contributed by atoms with Gasteiger partial charge in [-0.25, -0.2) is 0 Å². The Balaban J connectivity index is 2.03. The molecule has 0 aliphatic heterocycles. The van der Waals surface area contributed by atoms with Gasteiger partial charge >= 0.3 is 0 Å². The first-order valence-electron chi connectivity index (χ1n) is 6.38. The zero-order chi connectivity index (χ0) is 12.6. The number of thiophene rings is 1. The standard InChI is InChI=1S/C16H16OS/c1-12-14(8-11-18-12)15(17)16(9-5-10-16)13-6-3-2-4-7-13/h2-4,6-8,11H,5,9-10H2,1H3. The highest BCUT2D eigenvalue weighted by atomic mass is 32.1. The third-order valence-electron chi connectivity index (χ3n) is 4.07. The summed E-state index contributed by atoms with van der Waals surface area (Å²) in [6, 6.07) is 12.2. The third-order valence-corrected chi connectivity index (χ3v) is 4.92. The summed E-state index contributed by atoms with van der Waals surface area (Å²) in [7, 11) is 0. The summed E-state index contributed by atoms with van der Waals surface area (Å²) in [5.41, 5.74) is 1.86. The summed E-state index contributed by atoms with van der Waals surface area (Å²) in [5, 5.41) is 2.01. The molecular formula is C16H16OS. The van der Waals surface area contributed by atoms with Crippen LogP contribution in [0.3, 0.4) is 0 Å². The van der Waals surface area contributed by atoms with Gasteiger partial charge in [0.1, 0.15) is 0 Å². The van der Waals surface area contributed by atoms with Crippen LogP contribution < -0.4 is 0 Å². The maximum Gasteiger partial charge on any atom is 0.174 e. The molecule has 1 aromatic heterocycles. The van der Waals surface area contributed by atoms with Gasteiger partial charge in [0.25, 0.3) is 0 Å². The van der Waals surface area contributed by atoms with E-state index in [0.29, 0.717) is 5.78 Å². The molecule has 3 rings (SSSR count). The van der Waals surface area contributed by atoms with E-state index in [0.717, 1.165) is 29.7 Å². The van der Waals surface area contributed by atoms with E-state index < -0.39 is 0 Å². The van der Waals surface area contributed by atoms with Gasteiger partial charge in [-0.05, 0) is 36.8 Å². The van der Waals surface area contributed by atoms with Crippen molar-refractivity contribution in [2.75, 3.05) is 0 Å². The quantitative estimate of drug-likeness (QED) is 0.746. The molecule has 0 radical (unpaired) electrons. The minimum absolute atomic E-state index is 0.243. The summed E-state index contributed by atoms with van der Waals surface area (Å²) in [4.78, 5) is 14.0. The van der Waals surface area contributed by atoms with Crippen molar-refractivity contribution in [2.24, 2.45) is 0 Å². The SMILES string of the molecule is Cc1sccc1C(=O)C1(c2ccccc2)CCC1. The zero-order valence-electron chi connectivity index (χ0n) is 10.5. The van der Waals surface area contributed by atoms with E-state index >= 15 is 0 Å². The molecule has 2 heteroatoms. The number of benzene rings is 1. The van der Waals surface area contributed by atoms with Gasteiger partial charge in [0, 0.05) is 10.4 Å². The highest BCUT2D eigenvalue weighted by Gasteiger charge is 2.46. The molecule has 1 aliphatic rings. The predicted molar refractivity (Wildman–Crippen MR) is 75.4 cm³/mol. The van der Waals surface area contributed by atoms with E-state index in [1.54, 1.807) is 11.3 Å². The fraction of sp³-hybridized carbons (Fsp3) is 0.312. The van der Waals surface area contributed by atoms with Crippen LogP contribution in [0.4, 0.5) is 0 Å². The number of hydrogen-bond acceptors (Lipinski definition) is 2. The fourth-order valence-corrected chi connectivity index (χ4v) is 3.51. The van der Waals surface area contributed by atoms with E-state index in [4.69, 9.17) is 0 Å². The van der Waals surface area contributed by atoms with Crippen molar-refractivity contribution < 1.29 is 4.79 Å². The molecule has 92 valence electrons. The number of carbonyl (C=O) groups is 1. The average Bonchev–Trinajstić information content (AvgIpc) is 2.75. The molecule has 1 nitrogen and oxygen atoms in total. The third kappa shape index (κ3) is 1.64. The van der Waals surface area contributed by atoms with Crippen molar-refractivity contribution in [3.63, 3.8) is 0 Å². The summed E-state index contributed by atoms with van der Waals surface area (Å²) in [6.07, 6.45) is 3.14. The molecule has 0 N–H and O–H groups in total. The molecule has 0 unspecified atom stereocenters. The lowest BCUT2D eigenvalue weighted by atomic mass is 9.61. The van der Waals surface area contributed by atoms with Crippen LogP contribution >= 0.6 is 11.3 Å². The summed E-state index contributed by atoms with van der Waals surface area (Å²) >= 11 is 1.66. The smallest absolute Gasteiger partial charge is 0.174 e. The molecule has 0 saturated heterocycles. The Kier molecular flexibility index (Phi) is 2.83. The average molecular weight is 256 g/mol. The lowest BCUT2D eigenvalue weighted by Gasteiger charge is -2.41. The fourth-order valence-electron chi connectivity index (χ4n) is 2.81. The van der Waals surface area contributed by atoms with Crippen LogP contribution in [0.2, 0.25) is 0 Å². The second-order valence-electron chi connectivity index (χ2n) is 5.02. The minimum atomic E-state index is -0.243. The second-order valence-corrected chi connectivity index (χ2v) is 6.14. The summed E-state index contributed by atoms with van der Waals surface area (Å²) in [6.45, 7) is 2.04. The van der Waals surface area contributed by atoms with Crippen molar-refractivity contribution in [1.82, 2.24) is 0 Å². The predicted octanol–water partition coefficient (Wildman–Crippen LogP) is 4.36. The minimum Gasteiger partial charge on any atom is -0.293 e. The van der Waals surface area contributed by atoms with Crippen molar-refractivity contribution in [2.45, 2.75) is 31.6 Å². The largest absolute Gasteiger partial charge is 0.293 e. The second kappa shape index (κ2) is 4.36. The number of ketones is 1. The van der Waals surface area contributed by atoms with E-state index in [1.807, 2.05) is 36.6 Å². The van der Waals surface area contributed by atoms with E-state index in [1.165, 1.54) is 5.56 Å². The molecule has 0 spiro atoms. The first-order chi connectivity index (χ1) is 8.74. The molecule has 1 aliphatic carbocycles. The maximum atomic E-state index is 12.8. The van der Waals surface area contributed by atoms with Crippen molar-refractivity contribution in [1.29, 1.82) is 0 Å². The normalized spacial score (nSPS) is 17.2. The van der Waals surface area contributed by atoms with Gasteiger partial charge in [0.2, 0.25) is 0 Å². The zero-order valence-corrected chi connectivity index (χ0v) is 11.3. The van der Waals surface area contributed by atoms with Gasteiger partial charge in [-0.1, -0.05) is 36.8 Å². The van der Waals surface area contributed by atoms with E-state index in [2.05, 4.69) is 12.1 Å². The van der Waals surface area contributed by atoms with E-state index in [9.17, 15) is 4.79 Å². The lowest BCUT2D eigenvalue weighted by molar-refractivity contribution is 0.0789. The van der Waals surface area contributed by atoms with Gasteiger partial charge in [0.05, 0.1) is 5.41 Å². The number of Topliss-reactive ketones (excluding diaryl/α,β-unsaturated/α-hetero) is 1. The Morgan fingerprint density at radius 2 is 1.89 bits per heavy atom. The Hall–Kier alpha value is -1.41. The topological polar surface area (TPSA) is 17.1 Å². The molecule has 2 aromatic rings. The van der Waals surface area contributed by atoms with Gasteiger partial charge < -0.3 is 0 Å². The van der Waals surface area contributed by atoms with Crippen molar-refractivity contribution >= 4 is 17.1 Å². The molecule has 0 bridgehead atoms. The molecule has 0 amide bonds. The Labute approximate surface area is 111 Å². The first-order valence-corrected chi connectivity index (χ1v) is 7.26. The Bertz CT molecular complexity index is 564. The lowest BCUT2D eigenvalue weighted by Crippen LogP contribution is -2.42.